The van der Waals surface area contributed by atoms with Gasteiger partial charge in [0.25, 0.3) is 0 Å². The first-order valence-electron chi connectivity index (χ1n) is 6.37. The van der Waals surface area contributed by atoms with E-state index in [2.05, 4.69) is 4.74 Å². The molecule has 2 unspecified atom stereocenters. The van der Waals surface area contributed by atoms with Gasteiger partial charge in [-0.3, -0.25) is 0 Å². The van der Waals surface area contributed by atoms with E-state index in [0.29, 0.717) is 18.9 Å². The van der Waals surface area contributed by atoms with E-state index in [1.54, 1.807) is 12.1 Å². The van der Waals surface area contributed by atoms with Crippen LogP contribution in [0.1, 0.15) is 18.9 Å². The molecule has 1 heterocycles. The standard InChI is InChI=1S/C14H16ClF3O2/c1-10-13(9-15,6-7-19-10)8-11-2-4-12(5-3-11)20-14(16,17)18/h2-5,10H,6-9H2,1H3. The Morgan fingerprint density at radius 3 is 2.45 bits per heavy atom. The second-order valence-corrected chi connectivity index (χ2v) is 5.39. The predicted octanol–water partition coefficient (Wildman–Crippen LogP) is 4.16. The van der Waals surface area contributed by atoms with Gasteiger partial charge in [-0.05, 0) is 37.5 Å². The summed E-state index contributed by atoms with van der Waals surface area (Å²) < 4.78 is 45.7. The fourth-order valence-corrected chi connectivity index (χ4v) is 2.93. The Balaban J connectivity index is 2.07. The van der Waals surface area contributed by atoms with E-state index >= 15 is 0 Å². The summed E-state index contributed by atoms with van der Waals surface area (Å²) in [5.74, 6) is 0.256. The summed E-state index contributed by atoms with van der Waals surface area (Å²) >= 11 is 6.07. The van der Waals surface area contributed by atoms with Crippen LogP contribution in [0.4, 0.5) is 13.2 Å². The van der Waals surface area contributed by atoms with Crippen LogP contribution < -0.4 is 4.74 Å². The van der Waals surface area contributed by atoms with Crippen LogP contribution in [0, 0.1) is 5.41 Å². The first-order chi connectivity index (χ1) is 9.35. The van der Waals surface area contributed by atoms with Gasteiger partial charge in [0.2, 0.25) is 0 Å². The van der Waals surface area contributed by atoms with Gasteiger partial charge in [0.1, 0.15) is 5.75 Å². The summed E-state index contributed by atoms with van der Waals surface area (Å²) in [6, 6.07) is 5.93. The maximum Gasteiger partial charge on any atom is 0.573 e. The Bertz CT molecular complexity index is 447. The monoisotopic (exact) mass is 308 g/mol. The highest BCUT2D eigenvalue weighted by Gasteiger charge is 2.40. The third-order valence-corrected chi connectivity index (χ3v) is 4.34. The van der Waals surface area contributed by atoms with Gasteiger partial charge in [-0.1, -0.05) is 12.1 Å². The minimum absolute atomic E-state index is 0.0473. The molecule has 0 spiro atoms. The Kier molecular flexibility index (Phi) is 4.49. The summed E-state index contributed by atoms with van der Waals surface area (Å²) in [5, 5.41) is 0. The molecule has 1 aliphatic rings. The van der Waals surface area contributed by atoms with Crippen molar-refractivity contribution in [2.75, 3.05) is 12.5 Å². The van der Waals surface area contributed by atoms with Crippen LogP contribution in [0.2, 0.25) is 0 Å². The fourth-order valence-electron chi connectivity index (χ4n) is 2.49. The average molecular weight is 309 g/mol. The molecule has 2 atom stereocenters. The Hall–Kier alpha value is -0.940. The van der Waals surface area contributed by atoms with Crippen LogP contribution in [0.3, 0.4) is 0 Å². The molecule has 0 radical (unpaired) electrons. The van der Waals surface area contributed by atoms with Crippen LogP contribution in [0.15, 0.2) is 24.3 Å². The van der Waals surface area contributed by atoms with Crippen LogP contribution in [0.5, 0.6) is 5.75 Å². The predicted molar refractivity (Wildman–Crippen MR) is 70.0 cm³/mol. The number of ether oxygens (including phenoxy) is 2. The van der Waals surface area contributed by atoms with Crippen LogP contribution in [0.25, 0.3) is 0 Å². The molecule has 0 N–H and O–H groups in total. The van der Waals surface area contributed by atoms with Crippen molar-refractivity contribution in [3.8, 4) is 5.75 Å². The van der Waals surface area contributed by atoms with Gasteiger partial charge >= 0.3 is 6.36 Å². The maximum atomic E-state index is 12.1. The Morgan fingerprint density at radius 2 is 2.00 bits per heavy atom. The molecular formula is C14H16ClF3O2. The molecule has 0 amide bonds. The van der Waals surface area contributed by atoms with Gasteiger partial charge in [-0.2, -0.15) is 0 Å². The minimum atomic E-state index is -4.66. The lowest BCUT2D eigenvalue weighted by atomic mass is 9.78. The zero-order valence-electron chi connectivity index (χ0n) is 11.0. The van der Waals surface area contributed by atoms with Gasteiger partial charge in [-0.15, -0.1) is 24.8 Å². The number of halogens is 4. The van der Waals surface area contributed by atoms with E-state index in [1.807, 2.05) is 6.92 Å². The topological polar surface area (TPSA) is 18.5 Å². The largest absolute Gasteiger partial charge is 0.573 e. The van der Waals surface area contributed by atoms with Crippen molar-refractivity contribution in [3.63, 3.8) is 0 Å². The number of rotatable bonds is 4. The van der Waals surface area contributed by atoms with E-state index in [1.165, 1.54) is 12.1 Å². The van der Waals surface area contributed by atoms with E-state index in [4.69, 9.17) is 16.3 Å². The molecule has 0 bridgehead atoms. The summed E-state index contributed by atoms with van der Waals surface area (Å²) in [4.78, 5) is 0. The zero-order chi connectivity index (χ0) is 14.8. The number of benzene rings is 1. The van der Waals surface area contributed by atoms with E-state index in [-0.39, 0.29) is 17.3 Å². The van der Waals surface area contributed by atoms with Crippen LogP contribution >= 0.6 is 11.6 Å². The molecule has 0 saturated carbocycles. The molecule has 0 aromatic heterocycles. The molecule has 20 heavy (non-hydrogen) atoms. The van der Waals surface area contributed by atoms with Gasteiger partial charge in [-0.25, -0.2) is 0 Å². The summed E-state index contributed by atoms with van der Waals surface area (Å²) in [5.41, 5.74) is 0.783. The van der Waals surface area contributed by atoms with E-state index < -0.39 is 6.36 Å². The lowest BCUT2D eigenvalue weighted by molar-refractivity contribution is -0.274. The number of hydrogen-bond acceptors (Lipinski definition) is 2. The van der Waals surface area contributed by atoms with E-state index in [0.717, 1.165) is 12.0 Å². The normalized spacial score (nSPS) is 26.8. The molecule has 1 aliphatic heterocycles. The van der Waals surface area contributed by atoms with Crippen LogP contribution in [-0.4, -0.2) is 25.0 Å². The minimum Gasteiger partial charge on any atom is -0.406 e. The summed E-state index contributed by atoms with van der Waals surface area (Å²) in [6.45, 7) is 2.65. The lowest BCUT2D eigenvalue weighted by Crippen LogP contribution is -2.33. The molecule has 0 aliphatic carbocycles. The molecule has 2 nitrogen and oxygen atoms in total. The third kappa shape index (κ3) is 3.58. The van der Waals surface area contributed by atoms with Crippen molar-refractivity contribution in [2.45, 2.75) is 32.2 Å². The highest BCUT2D eigenvalue weighted by molar-refractivity contribution is 6.18. The number of hydrogen-bond donors (Lipinski definition) is 0. The molecule has 2 rings (SSSR count). The smallest absolute Gasteiger partial charge is 0.406 e. The van der Waals surface area contributed by atoms with Gasteiger partial charge in [0.15, 0.2) is 0 Å². The fraction of sp³-hybridized carbons (Fsp3) is 0.571. The molecule has 1 aromatic rings. The van der Waals surface area contributed by atoms with Crippen molar-refractivity contribution < 1.29 is 22.6 Å². The third-order valence-electron chi connectivity index (χ3n) is 3.81. The SMILES string of the molecule is CC1OCCC1(CCl)Cc1ccc(OC(F)(F)F)cc1. The zero-order valence-corrected chi connectivity index (χ0v) is 11.8. The molecule has 112 valence electrons. The second kappa shape index (κ2) is 5.82. The van der Waals surface area contributed by atoms with Crippen LogP contribution in [-0.2, 0) is 11.2 Å². The Morgan fingerprint density at radius 1 is 1.35 bits per heavy atom. The van der Waals surface area contributed by atoms with Crippen molar-refractivity contribution >= 4 is 11.6 Å². The summed E-state index contributed by atoms with van der Waals surface area (Å²) in [6.07, 6.45) is -3.07. The van der Waals surface area contributed by atoms with Gasteiger partial charge in [0.05, 0.1) is 6.10 Å². The first-order valence-corrected chi connectivity index (χ1v) is 6.90. The van der Waals surface area contributed by atoms with Crippen molar-refractivity contribution in [3.05, 3.63) is 29.8 Å². The summed E-state index contributed by atoms with van der Waals surface area (Å²) in [7, 11) is 0. The Labute approximate surface area is 120 Å². The quantitative estimate of drug-likeness (QED) is 0.778. The van der Waals surface area contributed by atoms with Crippen molar-refractivity contribution in [2.24, 2.45) is 5.41 Å². The average Bonchev–Trinajstić information content (AvgIpc) is 2.72. The lowest BCUT2D eigenvalue weighted by Gasteiger charge is -2.30. The highest BCUT2D eigenvalue weighted by Crippen LogP contribution is 2.39. The van der Waals surface area contributed by atoms with Gasteiger partial charge < -0.3 is 9.47 Å². The first kappa shape index (κ1) is 15.4. The molecule has 6 heteroatoms. The van der Waals surface area contributed by atoms with Gasteiger partial charge in [0, 0.05) is 17.9 Å². The van der Waals surface area contributed by atoms with Crippen molar-refractivity contribution in [1.82, 2.24) is 0 Å². The second-order valence-electron chi connectivity index (χ2n) is 5.13. The molecular weight excluding hydrogens is 293 g/mol. The molecule has 1 saturated heterocycles. The van der Waals surface area contributed by atoms with Crippen molar-refractivity contribution in [1.29, 1.82) is 0 Å². The van der Waals surface area contributed by atoms with E-state index in [9.17, 15) is 13.2 Å². The number of alkyl halides is 4. The molecule has 1 aromatic carbocycles. The molecule has 1 fully saturated rings. The highest BCUT2D eigenvalue weighted by atomic mass is 35.5. The maximum absolute atomic E-state index is 12.1.